The second-order valence-electron chi connectivity index (χ2n) is 5.67. The first-order valence-electron chi connectivity index (χ1n) is 8.15. The van der Waals surface area contributed by atoms with Gasteiger partial charge in [0.15, 0.2) is 11.4 Å². The van der Waals surface area contributed by atoms with E-state index in [2.05, 4.69) is 10.6 Å². The second-order valence-corrected chi connectivity index (χ2v) is 6.08. The number of thiocarbonyl (C=S) groups is 1. The van der Waals surface area contributed by atoms with Gasteiger partial charge in [0.05, 0.1) is 17.5 Å². The fourth-order valence-corrected chi connectivity index (χ4v) is 2.73. The summed E-state index contributed by atoms with van der Waals surface area (Å²) < 4.78 is 10.2. The van der Waals surface area contributed by atoms with Gasteiger partial charge in [0.2, 0.25) is 0 Å². The lowest BCUT2D eigenvalue weighted by Gasteiger charge is -2.23. The lowest BCUT2D eigenvalue weighted by molar-refractivity contribution is -0.384. The molecular formula is C18H22N4O4S. The molecule has 0 heterocycles. The smallest absolute Gasteiger partial charge is 0.292 e. The second kappa shape index (κ2) is 9.81. The summed E-state index contributed by atoms with van der Waals surface area (Å²) in [5.74, 6) is 0. The van der Waals surface area contributed by atoms with Crippen molar-refractivity contribution in [2.75, 3.05) is 26.5 Å². The Balaban J connectivity index is 2.27. The highest BCUT2D eigenvalue weighted by atomic mass is 32.1. The number of nitro groups is 1. The summed E-state index contributed by atoms with van der Waals surface area (Å²) in [7, 11) is 3.07. The van der Waals surface area contributed by atoms with Gasteiger partial charge in [-0.15, -0.1) is 0 Å². The maximum atomic E-state index is 11.2. The molecule has 9 heteroatoms. The minimum atomic E-state index is -0.501. The highest BCUT2D eigenvalue weighted by Crippen LogP contribution is 2.29. The fraction of sp³-hybridized carbons (Fsp3) is 0.278. The van der Waals surface area contributed by atoms with Gasteiger partial charge < -0.3 is 25.8 Å². The summed E-state index contributed by atoms with van der Waals surface area (Å²) in [6.45, 7) is 0.349. The molecule has 0 bridgehead atoms. The van der Waals surface area contributed by atoms with Crippen molar-refractivity contribution in [3.05, 3.63) is 69.8 Å². The quantitative estimate of drug-likeness (QED) is 0.207. The third-order valence-corrected chi connectivity index (χ3v) is 4.21. The number of hydrogen-bond acceptors (Lipinski definition) is 6. The molecule has 0 aliphatic carbocycles. The minimum Gasteiger partial charge on any atom is -0.393 e. The summed E-state index contributed by atoms with van der Waals surface area (Å²) in [6.07, 6.45) is -0.447. The number of hydrogen-bond donors (Lipinski definition) is 3. The van der Waals surface area contributed by atoms with Gasteiger partial charge in [0.25, 0.3) is 5.69 Å². The Bertz CT molecular complexity index is 784. The summed E-state index contributed by atoms with van der Waals surface area (Å²) in [5, 5.41) is 17.8. The molecule has 0 radical (unpaired) electrons. The predicted octanol–water partition coefficient (Wildman–Crippen LogP) is 2.35. The van der Waals surface area contributed by atoms with Gasteiger partial charge in [-0.25, -0.2) is 0 Å². The van der Waals surface area contributed by atoms with E-state index in [1.54, 1.807) is 6.07 Å². The van der Waals surface area contributed by atoms with Crippen LogP contribution < -0.4 is 16.4 Å². The molecule has 0 aliphatic heterocycles. The van der Waals surface area contributed by atoms with Crippen LogP contribution in [0.3, 0.4) is 0 Å². The van der Waals surface area contributed by atoms with Crippen molar-refractivity contribution in [2.24, 2.45) is 0 Å². The Kier molecular flexibility index (Phi) is 7.47. The van der Waals surface area contributed by atoms with Crippen LogP contribution in [0.25, 0.3) is 0 Å². The molecule has 0 saturated heterocycles. The van der Waals surface area contributed by atoms with Crippen LogP contribution >= 0.6 is 12.2 Å². The zero-order valence-corrected chi connectivity index (χ0v) is 15.9. The third-order valence-electron chi connectivity index (χ3n) is 3.95. The molecule has 144 valence electrons. The first-order chi connectivity index (χ1) is 13.0. The van der Waals surface area contributed by atoms with Crippen molar-refractivity contribution < 1.29 is 14.4 Å². The van der Waals surface area contributed by atoms with E-state index in [1.807, 2.05) is 30.3 Å². The predicted molar refractivity (Wildman–Crippen MR) is 107 cm³/mol. The molecule has 8 nitrogen and oxygen atoms in total. The van der Waals surface area contributed by atoms with Crippen molar-refractivity contribution >= 4 is 28.7 Å². The van der Waals surface area contributed by atoms with Crippen LogP contribution in [0.5, 0.6) is 0 Å². The van der Waals surface area contributed by atoms with Crippen molar-refractivity contribution in [3.63, 3.8) is 0 Å². The van der Waals surface area contributed by atoms with Crippen molar-refractivity contribution in [1.82, 2.24) is 10.6 Å². The average molecular weight is 390 g/mol. The molecule has 0 saturated carbocycles. The molecule has 27 heavy (non-hydrogen) atoms. The molecule has 2 aromatic rings. The maximum Gasteiger partial charge on any atom is 0.292 e. The van der Waals surface area contributed by atoms with E-state index < -0.39 is 17.3 Å². The van der Waals surface area contributed by atoms with E-state index in [4.69, 9.17) is 27.4 Å². The summed E-state index contributed by atoms with van der Waals surface area (Å²) >= 11 is 5.36. The maximum absolute atomic E-state index is 11.2. The van der Waals surface area contributed by atoms with Crippen LogP contribution in [0.4, 0.5) is 11.4 Å². The lowest BCUT2D eigenvalue weighted by atomic mass is 9.98. The van der Waals surface area contributed by atoms with Crippen LogP contribution in [0.15, 0.2) is 48.5 Å². The van der Waals surface area contributed by atoms with Crippen molar-refractivity contribution in [3.8, 4) is 0 Å². The first-order valence-corrected chi connectivity index (χ1v) is 8.55. The number of anilines is 1. The molecule has 4 N–H and O–H groups in total. The molecule has 0 aliphatic rings. The molecule has 0 aromatic heterocycles. The van der Waals surface area contributed by atoms with Crippen LogP contribution in [-0.4, -0.2) is 37.1 Å². The molecule has 0 fully saturated rings. The van der Waals surface area contributed by atoms with Gasteiger partial charge in [-0.05, 0) is 29.4 Å². The van der Waals surface area contributed by atoms with E-state index in [-0.39, 0.29) is 11.4 Å². The number of nitrogens with one attached hydrogen (secondary N) is 2. The lowest BCUT2D eigenvalue weighted by Crippen LogP contribution is -2.42. The van der Waals surface area contributed by atoms with E-state index in [1.165, 1.54) is 26.4 Å². The molecule has 0 amide bonds. The van der Waals surface area contributed by atoms with Gasteiger partial charge >= 0.3 is 0 Å². The van der Waals surface area contributed by atoms with E-state index in [0.717, 1.165) is 5.56 Å². The zero-order valence-electron chi connectivity index (χ0n) is 15.0. The number of ether oxygens (including phenoxy) is 2. The number of nitrogens with zero attached hydrogens (tertiary/aromatic N) is 1. The van der Waals surface area contributed by atoms with Crippen LogP contribution in [0, 0.1) is 10.1 Å². The zero-order chi connectivity index (χ0) is 19.8. The van der Waals surface area contributed by atoms with Gasteiger partial charge in [-0.1, -0.05) is 36.4 Å². The van der Waals surface area contributed by atoms with E-state index in [0.29, 0.717) is 17.2 Å². The van der Waals surface area contributed by atoms with Crippen LogP contribution in [-0.2, 0) is 9.47 Å². The highest BCUT2D eigenvalue weighted by molar-refractivity contribution is 7.80. The van der Waals surface area contributed by atoms with Gasteiger partial charge in [-0.2, -0.15) is 0 Å². The fourth-order valence-electron chi connectivity index (χ4n) is 2.52. The number of benzene rings is 2. The van der Waals surface area contributed by atoms with Gasteiger partial charge in [0.1, 0.15) is 5.69 Å². The Morgan fingerprint density at radius 3 is 2.44 bits per heavy atom. The molecule has 1 unspecified atom stereocenters. The number of rotatable bonds is 8. The summed E-state index contributed by atoms with van der Waals surface area (Å²) in [6, 6.07) is 13.8. The number of nitro benzene ring substituents is 1. The highest BCUT2D eigenvalue weighted by Gasteiger charge is 2.20. The topological polar surface area (TPSA) is 112 Å². The Morgan fingerprint density at radius 1 is 1.19 bits per heavy atom. The van der Waals surface area contributed by atoms with Gasteiger partial charge in [-0.3, -0.25) is 10.1 Å². The molecule has 2 aromatic carbocycles. The van der Waals surface area contributed by atoms with E-state index >= 15 is 0 Å². The number of nitrogen functional groups attached to an aromatic ring is 1. The van der Waals surface area contributed by atoms with Crippen molar-refractivity contribution in [2.45, 2.75) is 12.3 Å². The molecular weight excluding hydrogens is 368 g/mol. The SMILES string of the molecule is COC(CNC(=S)NC(c1ccccc1)c1ccc(N)c([N+](=O)[O-])c1)OC. The summed E-state index contributed by atoms with van der Waals surface area (Å²) in [5.41, 5.74) is 7.25. The average Bonchev–Trinajstić information content (AvgIpc) is 2.68. The van der Waals surface area contributed by atoms with Gasteiger partial charge in [0, 0.05) is 20.3 Å². The molecule has 1 atom stereocenters. The molecule has 2 rings (SSSR count). The normalized spacial score (nSPS) is 11.8. The monoisotopic (exact) mass is 390 g/mol. The Hall–Kier alpha value is -2.75. The summed E-state index contributed by atoms with van der Waals surface area (Å²) in [4.78, 5) is 10.7. The third kappa shape index (κ3) is 5.61. The molecule has 0 spiro atoms. The first kappa shape index (κ1) is 20.6. The Labute approximate surface area is 162 Å². The Morgan fingerprint density at radius 2 is 1.85 bits per heavy atom. The van der Waals surface area contributed by atoms with Crippen LogP contribution in [0.1, 0.15) is 17.2 Å². The largest absolute Gasteiger partial charge is 0.393 e. The van der Waals surface area contributed by atoms with Crippen molar-refractivity contribution in [1.29, 1.82) is 0 Å². The minimum absolute atomic E-state index is 0.110. The number of methoxy groups -OCH3 is 2. The standard InChI is InChI=1S/C18H22N4O4S/c1-25-16(26-2)11-20-18(27)21-17(12-6-4-3-5-7-12)13-8-9-14(19)15(10-13)22(23)24/h3-10,16-17H,11,19H2,1-2H3,(H2,20,21,27). The number of nitrogens with two attached hydrogens (primary N) is 1. The van der Waals surface area contributed by atoms with E-state index in [9.17, 15) is 10.1 Å². The van der Waals surface area contributed by atoms with Crippen LogP contribution in [0.2, 0.25) is 0 Å².